The molecule has 0 bridgehead atoms. The van der Waals surface area contributed by atoms with Crippen LogP contribution in [0.1, 0.15) is 11.1 Å². The first-order chi connectivity index (χ1) is 10.3. The molecule has 0 saturated heterocycles. The minimum atomic E-state index is 0.359. The molecule has 2 rings (SSSR count). The number of rotatable bonds is 2. The van der Waals surface area contributed by atoms with E-state index in [0.717, 1.165) is 22.6 Å². The van der Waals surface area contributed by atoms with Crippen LogP contribution in [0.5, 0.6) is 11.5 Å². The van der Waals surface area contributed by atoms with Gasteiger partial charge in [-0.15, -0.1) is 0 Å². The van der Waals surface area contributed by atoms with Gasteiger partial charge in [-0.3, -0.25) is 0 Å². The fourth-order valence-electron chi connectivity index (χ4n) is 1.65. The van der Waals surface area contributed by atoms with Gasteiger partial charge in [-0.25, -0.2) is 0 Å². The Labute approximate surface area is 124 Å². The zero-order chi connectivity index (χ0) is 14.9. The van der Waals surface area contributed by atoms with Crippen LogP contribution in [0.3, 0.4) is 0 Å². The zero-order valence-corrected chi connectivity index (χ0v) is 11.6. The summed E-state index contributed by atoms with van der Waals surface area (Å²) in [7, 11) is 0. The molecule has 0 heterocycles. The van der Waals surface area contributed by atoms with Crippen molar-refractivity contribution < 1.29 is 4.74 Å². The van der Waals surface area contributed by atoms with Crippen LogP contribution in [-0.2, 0) is 0 Å². The Bertz CT molecular complexity index is 632. The van der Waals surface area contributed by atoms with Crippen LogP contribution in [0, 0.1) is 23.7 Å². The third kappa shape index (κ3) is 4.71. The highest BCUT2D eigenvalue weighted by Crippen LogP contribution is 2.21. The van der Waals surface area contributed by atoms with E-state index in [1.807, 2.05) is 48.5 Å². The first-order valence-corrected chi connectivity index (χ1v) is 6.57. The van der Waals surface area contributed by atoms with Crippen molar-refractivity contribution in [3.05, 3.63) is 59.7 Å². The second kappa shape index (κ2) is 7.77. The summed E-state index contributed by atoms with van der Waals surface area (Å²) in [5.74, 6) is 13.1. The van der Waals surface area contributed by atoms with Gasteiger partial charge < -0.3 is 16.2 Å². The molecular formula is C18H16N2O. The van der Waals surface area contributed by atoms with E-state index in [0.29, 0.717) is 13.1 Å². The van der Waals surface area contributed by atoms with Gasteiger partial charge in [-0.2, -0.15) is 0 Å². The van der Waals surface area contributed by atoms with Gasteiger partial charge >= 0.3 is 0 Å². The third-order valence-corrected chi connectivity index (χ3v) is 2.61. The summed E-state index contributed by atoms with van der Waals surface area (Å²) in [4.78, 5) is 0. The molecule has 0 amide bonds. The van der Waals surface area contributed by atoms with Crippen LogP contribution in [0.2, 0.25) is 0 Å². The van der Waals surface area contributed by atoms with Gasteiger partial charge in [0.2, 0.25) is 0 Å². The maximum Gasteiger partial charge on any atom is 0.127 e. The third-order valence-electron chi connectivity index (χ3n) is 2.61. The molecule has 0 unspecified atom stereocenters. The average molecular weight is 276 g/mol. The molecule has 2 aromatic rings. The van der Waals surface area contributed by atoms with E-state index in [1.54, 1.807) is 0 Å². The Balaban J connectivity index is 2.04. The standard InChI is InChI=1S/C18H16N2O/c19-13-1-3-15-5-9-17(10-6-15)21-18-11-7-16(8-12-18)4-2-14-20/h5-12H,13-14,19-20H2. The predicted molar refractivity (Wildman–Crippen MR) is 84.8 cm³/mol. The largest absolute Gasteiger partial charge is 0.457 e. The smallest absolute Gasteiger partial charge is 0.127 e. The van der Waals surface area contributed by atoms with E-state index in [4.69, 9.17) is 16.2 Å². The second-order valence-electron chi connectivity index (χ2n) is 4.16. The first kappa shape index (κ1) is 14.7. The van der Waals surface area contributed by atoms with Crippen LogP contribution >= 0.6 is 0 Å². The fraction of sp³-hybridized carbons (Fsp3) is 0.111. The molecule has 104 valence electrons. The highest BCUT2D eigenvalue weighted by atomic mass is 16.5. The minimum absolute atomic E-state index is 0.359. The van der Waals surface area contributed by atoms with Crippen molar-refractivity contribution in [3.8, 4) is 35.2 Å². The highest BCUT2D eigenvalue weighted by molar-refractivity contribution is 5.42. The summed E-state index contributed by atoms with van der Waals surface area (Å²) < 4.78 is 5.75. The van der Waals surface area contributed by atoms with Crippen LogP contribution < -0.4 is 16.2 Å². The van der Waals surface area contributed by atoms with Crippen molar-refractivity contribution in [2.45, 2.75) is 0 Å². The number of benzene rings is 2. The van der Waals surface area contributed by atoms with E-state index in [2.05, 4.69) is 23.7 Å². The van der Waals surface area contributed by atoms with E-state index in [-0.39, 0.29) is 0 Å². The maximum absolute atomic E-state index is 5.75. The monoisotopic (exact) mass is 276 g/mol. The Morgan fingerprint density at radius 3 is 1.38 bits per heavy atom. The van der Waals surface area contributed by atoms with E-state index in [9.17, 15) is 0 Å². The number of ether oxygens (including phenoxy) is 1. The molecule has 0 fully saturated rings. The average Bonchev–Trinajstić information content (AvgIpc) is 2.53. The molecule has 3 nitrogen and oxygen atoms in total. The Morgan fingerprint density at radius 1 is 0.667 bits per heavy atom. The molecule has 3 heteroatoms. The van der Waals surface area contributed by atoms with E-state index < -0.39 is 0 Å². The summed E-state index contributed by atoms with van der Waals surface area (Å²) in [5.41, 5.74) is 12.5. The second-order valence-corrected chi connectivity index (χ2v) is 4.16. The van der Waals surface area contributed by atoms with Crippen molar-refractivity contribution in [2.75, 3.05) is 13.1 Å². The molecule has 2 aromatic carbocycles. The van der Waals surface area contributed by atoms with Gasteiger partial charge in [0.1, 0.15) is 11.5 Å². The van der Waals surface area contributed by atoms with Crippen LogP contribution in [-0.4, -0.2) is 13.1 Å². The SMILES string of the molecule is NCC#Cc1ccc(Oc2ccc(C#CCN)cc2)cc1. The molecule has 0 saturated carbocycles. The van der Waals surface area contributed by atoms with Gasteiger partial charge in [0, 0.05) is 11.1 Å². The van der Waals surface area contributed by atoms with Gasteiger partial charge in [-0.05, 0) is 48.5 Å². The van der Waals surface area contributed by atoms with Crippen molar-refractivity contribution in [2.24, 2.45) is 11.5 Å². The molecule has 0 aliphatic heterocycles. The predicted octanol–water partition coefficient (Wildman–Crippen LogP) is 2.10. The van der Waals surface area contributed by atoms with Crippen molar-refractivity contribution >= 4 is 0 Å². The quantitative estimate of drug-likeness (QED) is 0.826. The summed E-state index contributed by atoms with van der Waals surface area (Å²) in [6.45, 7) is 0.718. The van der Waals surface area contributed by atoms with Crippen LogP contribution in [0.4, 0.5) is 0 Å². The Kier molecular flexibility index (Phi) is 5.43. The van der Waals surface area contributed by atoms with Crippen molar-refractivity contribution in [1.82, 2.24) is 0 Å². The summed E-state index contributed by atoms with van der Waals surface area (Å²) in [6, 6.07) is 15.1. The highest BCUT2D eigenvalue weighted by Gasteiger charge is 1.97. The first-order valence-electron chi connectivity index (χ1n) is 6.57. The van der Waals surface area contributed by atoms with Gasteiger partial charge in [0.25, 0.3) is 0 Å². The molecular weight excluding hydrogens is 260 g/mol. The van der Waals surface area contributed by atoms with Crippen LogP contribution in [0.15, 0.2) is 48.5 Å². The van der Waals surface area contributed by atoms with E-state index in [1.165, 1.54) is 0 Å². The normalized spacial score (nSPS) is 9.05. The fourth-order valence-corrected chi connectivity index (χ4v) is 1.65. The van der Waals surface area contributed by atoms with Crippen molar-refractivity contribution in [1.29, 1.82) is 0 Å². The molecule has 0 spiro atoms. The summed E-state index contributed by atoms with van der Waals surface area (Å²) in [5, 5.41) is 0. The topological polar surface area (TPSA) is 61.3 Å². The van der Waals surface area contributed by atoms with Crippen LogP contribution in [0.25, 0.3) is 0 Å². The summed E-state index contributed by atoms with van der Waals surface area (Å²) in [6.07, 6.45) is 0. The summed E-state index contributed by atoms with van der Waals surface area (Å²) >= 11 is 0. The molecule has 0 radical (unpaired) electrons. The number of hydrogen-bond donors (Lipinski definition) is 2. The number of nitrogens with two attached hydrogens (primary N) is 2. The van der Waals surface area contributed by atoms with Crippen molar-refractivity contribution in [3.63, 3.8) is 0 Å². The Morgan fingerprint density at radius 2 is 1.05 bits per heavy atom. The molecule has 0 atom stereocenters. The number of hydrogen-bond acceptors (Lipinski definition) is 3. The lowest BCUT2D eigenvalue weighted by molar-refractivity contribution is 0.482. The molecule has 0 aliphatic rings. The maximum atomic E-state index is 5.75. The van der Waals surface area contributed by atoms with E-state index >= 15 is 0 Å². The lowest BCUT2D eigenvalue weighted by Crippen LogP contribution is -1.93. The minimum Gasteiger partial charge on any atom is -0.457 e. The molecule has 0 aliphatic carbocycles. The van der Waals surface area contributed by atoms with Gasteiger partial charge in [0.15, 0.2) is 0 Å². The van der Waals surface area contributed by atoms with Gasteiger partial charge in [0.05, 0.1) is 13.1 Å². The van der Waals surface area contributed by atoms with Gasteiger partial charge in [-0.1, -0.05) is 23.7 Å². The zero-order valence-electron chi connectivity index (χ0n) is 11.6. The lowest BCUT2D eigenvalue weighted by Gasteiger charge is -2.05. The molecule has 0 aromatic heterocycles. The lowest BCUT2D eigenvalue weighted by atomic mass is 10.2. The Hall–Kier alpha value is -2.72. The molecule has 21 heavy (non-hydrogen) atoms. The molecule has 4 N–H and O–H groups in total.